The zero-order chi connectivity index (χ0) is 15.0. The molecule has 0 bridgehead atoms. The summed E-state index contributed by atoms with van der Waals surface area (Å²) in [6.07, 6.45) is 4.18. The normalized spacial score (nSPS) is 18.8. The molecule has 0 radical (unpaired) electrons. The lowest BCUT2D eigenvalue weighted by molar-refractivity contribution is -0.111. The molecule has 3 rings (SSSR count). The van der Waals surface area contributed by atoms with Crippen molar-refractivity contribution < 1.29 is 9.53 Å². The highest BCUT2D eigenvalue weighted by molar-refractivity contribution is 6.44. The molecule has 1 fully saturated rings. The largest absolute Gasteiger partial charge is 0.497 e. The van der Waals surface area contributed by atoms with Crippen molar-refractivity contribution in [2.24, 2.45) is 4.99 Å². The topological polar surface area (TPSA) is 41.9 Å². The Morgan fingerprint density at radius 1 is 1.29 bits per heavy atom. The van der Waals surface area contributed by atoms with Gasteiger partial charge in [-0.15, -0.1) is 0 Å². The highest BCUT2D eigenvalue weighted by Gasteiger charge is 2.48. The van der Waals surface area contributed by atoms with E-state index < -0.39 is 0 Å². The van der Waals surface area contributed by atoms with E-state index in [-0.39, 0.29) is 11.3 Å². The number of hydrogen-bond donors (Lipinski definition) is 0. The third kappa shape index (κ3) is 2.35. The van der Waals surface area contributed by atoms with Crippen LogP contribution in [0.15, 0.2) is 41.0 Å². The van der Waals surface area contributed by atoms with Crippen LogP contribution in [0.4, 0.5) is 0 Å². The molecule has 0 atom stereocenters. The number of likely N-dealkylation sites (N-methyl/N-ethyl adjacent to an activating group) is 1. The molecule has 2 aliphatic rings. The zero-order valence-corrected chi connectivity index (χ0v) is 12.7. The van der Waals surface area contributed by atoms with E-state index in [2.05, 4.69) is 29.1 Å². The van der Waals surface area contributed by atoms with Gasteiger partial charge < -0.3 is 9.64 Å². The number of aliphatic imine (C=N–C) groups is 1. The van der Waals surface area contributed by atoms with Gasteiger partial charge in [-0.2, -0.15) is 0 Å². The van der Waals surface area contributed by atoms with E-state index in [1.807, 2.05) is 18.2 Å². The van der Waals surface area contributed by atoms with E-state index in [1.54, 1.807) is 14.0 Å². The van der Waals surface area contributed by atoms with Crippen molar-refractivity contribution in [3.05, 3.63) is 41.6 Å². The van der Waals surface area contributed by atoms with Gasteiger partial charge in [0.1, 0.15) is 11.5 Å². The number of ether oxygens (including phenoxy) is 1. The molecule has 21 heavy (non-hydrogen) atoms. The fourth-order valence-electron chi connectivity index (χ4n) is 2.94. The van der Waals surface area contributed by atoms with E-state index in [1.165, 1.54) is 5.56 Å². The first-order valence-electron chi connectivity index (χ1n) is 7.21. The summed E-state index contributed by atoms with van der Waals surface area (Å²) in [4.78, 5) is 18.0. The monoisotopic (exact) mass is 284 g/mol. The highest BCUT2D eigenvalue weighted by atomic mass is 16.5. The van der Waals surface area contributed by atoms with Gasteiger partial charge in [-0.25, -0.2) is 0 Å². The summed E-state index contributed by atoms with van der Waals surface area (Å²) in [6.45, 7) is 2.16. The van der Waals surface area contributed by atoms with Crippen LogP contribution in [0.5, 0.6) is 5.75 Å². The van der Waals surface area contributed by atoms with Crippen LogP contribution in [0.2, 0.25) is 0 Å². The molecule has 0 aromatic heterocycles. The van der Waals surface area contributed by atoms with Crippen molar-refractivity contribution in [2.75, 3.05) is 20.7 Å². The second-order valence-electron chi connectivity index (χ2n) is 5.71. The molecule has 110 valence electrons. The van der Waals surface area contributed by atoms with Crippen molar-refractivity contribution in [2.45, 2.75) is 25.3 Å². The lowest BCUT2D eigenvalue weighted by Crippen LogP contribution is -2.31. The minimum Gasteiger partial charge on any atom is -0.497 e. The Kier molecular flexibility index (Phi) is 3.32. The standard InChI is InChI=1S/C17H20N2O2/c1-12(20)16-10-14(11-18-16)19(2)17(8-9-17)13-4-6-15(21-3)7-5-13/h4-7,10H,8-9,11H2,1-3H3. The van der Waals surface area contributed by atoms with Crippen molar-refractivity contribution in [3.8, 4) is 5.75 Å². The van der Waals surface area contributed by atoms with Gasteiger partial charge in [0.05, 0.1) is 19.2 Å². The highest BCUT2D eigenvalue weighted by Crippen LogP contribution is 2.52. The lowest BCUT2D eigenvalue weighted by atomic mass is 10.0. The molecule has 4 heteroatoms. The molecule has 1 aliphatic carbocycles. The maximum absolute atomic E-state index is 11.4. The summed E-state index contributed by atoms with van der Waals surface area (Å²) in [6, 6.07) is 8.27. The molecular formula is C17H20N2O2. The molecular weight excluding hydrogens is 264 g/mol. The van der Waals surface area contributed by atoms with Crippen LogP contribution in [0.3, 0.4) is 0 Å². The van der Waals surface area contributed by atoms with E-state index >= 15 is 0 Å². The molecule has 1 saturated carbocycles. The average molecular weight is 284 g/mol. The molecule has 0 amide bonds. The van der Waals surface area contributed by atoms with Gasteiger partial charge in [-0.05, 0) is 36.6 Å². The summed E-state index contributed by atoms with van der Waals surface area (Å²) >= 11 is 0. The average Bonchev–Trinajstić information content (AvgIpc) is 3.16. The van der Waals surface area contributed by atoms with Crippen LogP contribution in [0.1, 0.15) is 25.3 Å². The lowest BCUT2D eigenvalue weighted by Gasteiger charge is -2.31. The van der Waals surface area contributed by atoms with E-state index in [4.69, 9.17) is 4.74 Å². The molecule has 0 unspecified atom stereocenters. The SMILES string of the molecule is COc1ccc(C2(N(C)C3=CC(C(C)=O)=NC3)CC2)cc1. The second kappa shape index (κ2) is 5.02. The Bertz CT molecular complexity index is 625. The van der Waals surface area contributed by atoms with E-state index in [0.29, 0.717) is 12.3 Å². The second-order valence-corrected chi connectivity index (χ2v) is 5.71. The Morgan fingerprint density at radius 3 is 2.43 bits per heavy atom. The number of hydrogen-bond acceptors (Lipinski definition) is 4. The van der Waals surface area contributed by atoms with Gasteiger partial charge in [-0.1, -0.05) is 12.1 Å². The quantitative estimate of drug-likeness (QED) is 0.834. The molecule has 1 aliphatic heterocycles. The molecule has 0 saturated heterocycles. The molecule has 0 spiro atoms. The van der Waals surface area contributed by atoms with Gasteiger partial charge >= 0.3 is 0 Å². The van der Waals surface area contributed by atoms with Crippen LogP contribution in [-0.4, -0.2) is 37.1 Å². The number of nitrogens with zero attached hydrogens (tertiary/aromatic N) is 2. The van der Waals surface area contributed by atoms with E-state index in [0.717, 1.165) is 24.3 Å². The molecule has 1 heterocycles. The minimum absolute atomic E-state index is 0.0349. The Morgan fingerprint density at radius 2 is 1.95 bits per heavy atom. The van der Waals surface area contributed by atoms with Crippen LogP contribution in [0, 0.1) is 0 Å². The summed E-state index contributed by atoms with van der Waals surface area (Å²) < 4.78 is 5.22. The first-order valence-corrected chi connectivity index (χ1v) is 7.21. The Hall–Kier alpha value is -2.10. The molecule has 4 nitrogen and oxygen atoms in total. The third-order valence-electron chi connectivity index (χ3n) is 4.50. The number of Topliss-reactive ketones (excluding diaryl/α,β-unsaturated/α-hetero) is 1. The number of allylic oxidation sites excluding steroid dienone is 1. The van der Waals surface area contributed by atoms with Gasteiger partial charge in [-0.3, -0.25) is 9.79 Å². The van der Waals surface area contributed by atoms with Crippen LogP contribution >= 0.6 is 0 Å². The zero-order valence-electron chi connectivity index (χ0n) is 12.7. The number of benzene rings is 1. The van der Waals surface area contributed by atoms with Crippen molar-refractivity contribution in [1.82, 2.24) is 4.90 Å². The van der Waals surface area contributed by atoms with Crippen molar-refractivity contribution in [1.29, 1.82) is 0 Å². The first-order chi connectivity index (χ1) is 10.1. The third-order valence-corrected chi connectivity index (χ3v) is 4.50. The maximum Gasteiger partial charge on any atom is 0.177 e. The fourth-order valence-corrected chi connectivity index (χ4v) is 2.94. The summed E-state index contributed by atoms with van der Waals surface area (Å²) in [5.41, 5.74) is 3.05. The number of ketones is 1. The van der Waals surface area contributed by atoms with Gasteiger partial charge in [0.15, 0.2) is 5.78 Å². The van der Waals surface area contributed by atoms with Crippen molar-refractivity contribution in [3.63, 3.8) is 0 Å². The fraction of sp³-hybridized carbons (Fsp3) is 0.412. The smallest absolute Gasteiger partial charge is 0.177 e. The summed E-state index contributed by atoms with van der Waals surface area (Å²) in [7, 11) is 3.78. The number of carbonyl (C=O) groups excluding carboxylic acids is 1. The summed E-state index contributed by atoms with van der Waals surface area (Å²) in [5.74, 6) is 0.909. The number of rotatable bonds is 5. The van der Waals surface area contributed by atoms with Crippen LogP contribution in [-0.2, 0) is 10.3 Å². The Labute approximate surface area is 125 Å². The molecule has 1 aromatic carbocycles. The predicted molar refractivity (Wildman–Crippen MR) is 82.7 cm³/mol. The number of methoxy groups -OCH3 is 1. The minimum atomic E-state index is 0.0349. The molecule has 1 aromatic rings. The maximum atomic E-state index is 11.4. The summed E-state index contributed by atoms with van der Waals surface area (Å²) in [5, 5.41) is 0. The van der Waals surface area contributed by atoms with Crippen LogP contribution in [0.25, 0.3) is 0 Å². The van der Waals surface area contributed by atoms with Gasteiger partial charge in [0, 0.05) is 19.7 Å². The first kappa shape index (κ1) is 13.9. The van der Waals surface area contributed by atoms with E-state index in [9.17, 15) is 4.79 Å². The Balaban J connectivity index is 1.82. The van der Waals surface area contributed by atoms with Gasteiger partial charge in [0.25, 0.3) is 0 Å². The number of carbonyl (C=O) groups is 1. The van der Waals surface area contributed by atoms with Crippen molar-refractivity contribution >= 4 is 11.5 Å². The van der Waals surface area contributed by atoms with Gasteiger partial charge in [0.2, 0.25) is 0 Å². The van der Waals surface area contributed by atoms with Crippen LogP contribution < -0.4 is 4.74 Å². The predicted octanol–water partition coefficient (Wildman–Crippen LogP) is 2.54. The molecule has 0 N–H and O–H groups in total.